The third-order valence-corrected chi connectivity index (χ3v) is 10.6. The Balaban J connectivity index is 0.000000272. The minimum Gasteiger partial charge on any atom is -0.872 e. The van der Waals surface area contributed by atoms with Crippen LogP contribution in [0, 0.1) is 11.8 Å². The van der Waals surface area contributed by atoms with Crippen LogP contribution in [0.15, 0.2) is 106 Å². The van der Waals surface area contributed by atoms with Crippen molar-refractivity contribution in [2.75, 3.05) is 13.2 Å². The molecule has 0 aliphatic heterocycles. The Labute approximate surface area is 386 Å². The molecule has 0 fully saturated rings. The van der Waals surface area contributed by atoms with E-state index in [2.05, 4.69) is 68.1 Å². The molecule has 4 heterocycles. The normalized spacial score (nSPS) is 12.2. The molecule has 63 heavy (non-hydrogen) atoms. The van der Waals surface area contributed by atoms with E-state index in [4.69, 9.17) is 32.7 Å². The van der Waals surface area contributed by atoms with Crippen LogP contribution in [0.5, 0.6) is 11.5 Å². The number of esters is 2. The molecule has 0 saturated heterocycles. The molecule has 0 bridgehead atoms. The van der Waals surface area contributed by atoms with Gasteiger partial charge in [-0.25, -0.2) is 29.5 Å². The van der Waals surface area contributed by atoms with E-state index in [-0.39, 0.29) is 71.2 Å². The zero-order valence-electron chi connectivity index (χ0n) is 35.4. The van der Waals surface area contributed by atoms with E-state index in [1.165, 1.54) is 36.4 Å². The monoisotopic (exact) mass is 936 g/mol. The van der Waals surface area contributed by atoms with E-state index < -0.39 is 11.9 Å². The molecule has 0 N–H and O–H groups in total. The second kappa shape index (κ2) is 25.5. The molecule has 0 aliphatic carbocycles. The van der Waals surface area contributed by atoms with Crippen LogP contribution in [0.3, 0.4) is 0 Å². The number of halogens is 2. The van der Waals surface area contributed by atoms with Crippen molar-refractivity contribution in [1.82, 2.24) is 19.9 Å². The Morgan fingerprint density at radius 1 is 0.619 bits per heavy atom. The average molecular weight is 939 g/mol. The number of rotatable bonds is 18. The second-order valence-corrected chi connectivity index (χ2v) is 15.1. The van der Waals surface area contributed by atoms with Crippen LogP contribution in [-0.2, 0) is 26.0 Å². The van der Waals surface area contributed by atoms with Crippen LogP contribution >= 0.6 is 23.2 Å². The van der Waals surface area contributed by atoms with Crippen molar-refractivity contribution in [2.24, 2.45) is 32.3 Å². The zero-order chi connectivity index (χ0) is 44.4. The molecule has 0 amide bonds. The fourth-order valence-corrected chi connectivity index (χ4v) is 6.65. The first-order valence-corrected chi connectivity index (χ1v) is 21.4. The first-order valence-electron chi connectivity index (χ1n) is 20.7. The molecular weight excluding hydrogens is 890 g/mol. The summed E-state index contributed by atoms with van der Waals surface area (Å²) in [5.74, 6) is -0.333. The van der Waals surface area contributed by atoms with E-state index >= 15 is 0 Å². The van der Waals surface area contributed by atoms with Crippen LogP contribution in [0.1, 0.15) is 99.8 Å². The van der Waals surface area contributed by atoms with Crippen LogP contribution in [0.25, 0.3) is 21.8 Å². The van der Waals surface area contributed by atoms with Gasteiger partial charge in [-0.15, -0.1) is 20.5 Å². The molecule has 6 rings (SSSR count). The third kappa shape index (κ3) is 14.2. The number of hydrogen-bond donors (Lipinski definition) is 0. The van der Waals surface area contributed by atoms with Gasteiger partial charge in [0.1, 0.15) is 21.7 Å². The number of aromatic nitrogens is 4. The van der Waals surface area contributed by atoms with Gasteiger partial charge in [-0.3, -0.25) is 0 Å². The van der Waals surface area contributed by atoms with Gasteiger partial charge < -0.3 is 19.7 Å². The minimum absolute atomic E-state index is 0. The summed E-state index contributed by atoms with van der Waals surface area (Å²) in [5, 5.41) is 41.6. The van der Waals surface area contributed by atoms with Crippen molar-refractivity contribution in [3.8, 4) is 11.5 Å². The summed E-state index contributed by atoms with van der Waals surface area (Å²) in [4.78, 5) is 41.9. The second-order valence-electron chi connectivity index (χ2n) is 14.4. The Bertz CT molecular complexity index is 2330. The van der Waals surface area contributed by atoms with Gasteiger partial charge in [0.05, 0.1) is 35.4 Å². The summed E-state index contributed by atoms with van der Waals surface area (Å²) in [6, 6.07) is 19.1. The zero-order valence-corrected chi connectivity index (χ0v) is 37.9. The summed E-state index contributed by atoms with van der Waals surface area (Å²) in [6.45, 7) is 9.03. The number of unbranched alkanes of at least 4 members (excludes halogenated alkanes) is 2. The first kappa shape index (κ1) is 50.0. The molecule has 0 saturated carbocycles. The van der Waals surface area contributed by atoms with Crippen molar-refractivity contribution < 1.29 is 45.8 Å². The molecule has 2 unspecified atom stereocenters. The first-order chi connectivity index (χ1) is 30.1. The third-order valence-electron chi connectivity index (χ3n) is 10.00. The smallest absolute Gasteiger partial charge is 0.341 e. The Kier molecular flexibility index (Phi) is 20.2. The van der Waals surface area contributed by atoms with Gasteiger partial charge >= 0.3 is 11.9 Å². The molecule has 0 aliphatic rings. The summed E-state index contributed by atoms with van der Waals surface area (Å²) in [7, 11) is 0. The van der Waals surface area contributed by atoms with E-state index in [1.54, 1.807) is 48.8 Å². The number of carbonyl (C=O) groups excluding carboxylic acids is 2. The van der Waals surface area contributed by atoms with E-state index in [0.717, 1.165) is 51.4 Å². The van der Waals surface area contributed by atoms with Crippen molar-refractivity contribution in [3.05, 3.63) is 107 Å². The number of ether oxygens (including phenoxy) is 2. The van der Waals surface area contributed by atoms with Gasteiger partial charge in [0.25, 0.3) is 0 Å². The fourth-order valence-electron chi connectivity index (χ4n) is 6.22. The molecule has 14 nitrogen and oxygen atoms in total. The maximum absolute atomic E-state index is 12.6. The van der Waals surface area contributed by atoms with Gasteiger partial charge in [-0.1, -0.05) is 125 Å². The van der Waals surface area contributed by atoms with Crippen LogP contribution < -0.4 is 10.2 Å². The number of fused-ring (bicyclic) bond motifs is 2. The van der Waals surface area contributed by atoms with Crippen LogP contribution in [0.2, 0.25) is 10.3 Å². The maximum atomic E-state index is 12.6. The van der Waals surface area contributed by atoms with Gasteiger partial charge in [-0.05, 0) is 84.0 Å². The summed E-state index contributed by atoms with van der Waals surface area (Å²) in [5.41, 5.74) is 1.37. The number of nitrogens with zero attached hydrogens (tertiary/aromatic N) is 8. The van der Waals surface area contributed by atoms with Crippen LogP contribution in [0.4, 0.5) is 23.0 Å². The number of pyridine rings is 4. The Hall–Kier alpha value is -5.63. The van der Waals surface area contributed by atoms with Crippen LogP contribution in [-0.4, -0.2) is 45.1 Å². The molecular formula is C46H48Cl2N8NiO6-2. The maximum Gasteiger partial charge on any atom is 0.341 e. The minimum atomic E-state index is -0.589. The molecule has 6 aromatic rings. The van der Waals surface area contributed by atoms with E-state index in [0.29, 0.717) is 48.1 Å². The topological polar surface area (TPSA) is 200 Å². The molecule has 2 aromatic carbocycles. The summed E-state index contributed by atoms with van der Waals surface area (Å²) >= 11 is 12.5. The van der Waals surface area contributed by atoms with Crippen molar-refractivity contribution in [3.63, 3.8) is 0 Å². The standard InChI is InChI=1S/2C23H25ClN4O3.Ni/c2*1-3-5-8-15(4-2)14-31-23(30)17-13-16-19(29)11-10-18(21(16)26-22(17)24)27-28-20-9-6-7-12-25-20;/h2*6-7,9-13,15,29H,3-5,8,14H2,1-2H3;/p-2. The Morgan fingerprint density at radius 3 is 1.38 bits per heavy atom. The number of hydrogen-bond acceptors (Lipinski definition) is 14. The van der Waals surface area contributed by atoms with Gasteiger partial charge in [-0.2, -0.15) is 0 Å². The number of benzene rings is 2. The largest absolute Gasteiger partial charge is 0.872 e. The van der Waals surface area contributed by atoms with E-state index in [1.807, 2.05) is 0 Å². The molecule has 0 radical (unpaired) electrons. The Morgan fingerprint density at radius 2 is 1.03 bits per heavy atom. The van der Waals surface area contributed by atoms with Crippen molar-refractivity contribution in [2.45, 2.75) is 79.1 Å². The number of carbonyl (C=O) groups is 2. The molecule has 17 heteroatoms. The quantitative estimate of drug-likeness (QED) is 0.0345. The van der Waals surface area contributed by atoms with Gasteiger partial charge in [0.15, 0.2) is 11.6 Å². The SMILES string of the molecule is CCCCC(CC)COC(=O)c1cc2c([O-])ccc(N=Nc3ccccn3)c2nc1Cl.CCCCC(CC)COC(=O)c1cc2c([O-])ccc(N=Nc3ccccn3)c2nc1Cl.[Ni]. The predicted octanol–water partition coefficient (Wildman–Crippen LogP) is 12.3. The number of azo groups is 2. The van der Waals surface area contributed by atoms with E-state index in [9.17, 15) is 19.8 Å². The molecule has 2 atom stereocenters. The molecule has 4 aromatic heterocycles. The fraction of sp³-hybridized carbons (Fsp3) is 0.348. The summed E-state index contributed by atoms with van der Waals surface area (Å²) < 4.78 is 10.9. The van der Waals surface area contributed by atoms with Crippen molar-refractivity contribution in [1.29, 1.82) is 0 Å². The molecule has 334 valence electrons. The average Bonchev–Trinajstić information content (AvgIpc) is 3.29. The predicted molar refractivity (Wildman–Crippen MR) is 236 cm³/mol. The molecule has 0 spiro atoms. The van der Waals surface area contributed by atoms with Gasteiger partial charge in [0.2, 0.25) is 0 Å². The van der Waals surface area contributed by atoms with Gasteiger partial charge in [0, 0.05) is 28.9 Å². The summed E-state index contributed by atoms with van der Waals surface area (Å²) in [6.07, 6.45) is 11.4. The van der Waals surface area contributed by atoms with Crippen molar-refractivity contribution >= 4 is 80.0 Å².